The van der Waals surface area contributed by atoms with E-state index in [2.05, 4.69) is 0 Å². The van der Waals surface area contributed by atoms with Gasteiger partial charge < -0.3 is 10.8 Å². The predicted octanol–water partition coefficient (Wildman–Crippen LogP) is 1.01. The maximum atomic E-state index is 10.5. The largest absolute Gasteiger partial charge is 0.481 e. The maximum absolute atomic E-state index is 10.5. The highest BCUT2D eigenvalue weighted by atomic mass is 35.5. The van der Waals surface area contributed by atoms with Crippen LogP contribution in [0.15, 0.2) is 0 Å². The van der Waals surface area contributed by atoms with Crippen molar-refractivity contribution in [1.82, 2.24) is 0 Å². The van der Waals surface area contributed by atoms with Gasteiger partial charge in [-0.2, -0.15) is 0 Å². The first-order chi connectivity index (χ1) is 5.11. The minimum absolute atomic E-state index is 0. The highest BCUT2D eigenvalue weighted by Crippen LogP contribution is 2.58. The van der Waals surface area contributed by atoms with Gasteiger partial charge in [-0.1, -0.05) is 0 Å². The van der Waals surface area contributed by atoms with Gasteiger partial charge in [0.05, 0.1) is 5.92 Å². The Bertz CT molecular complexity index is 193. The first-order valence-electron chi connectivity index (χ1n) is 4.10. The molecule has 0 saturated heterocycles. The minimum atomic E-state index is -0.629. The molecule has 0 amide bonds. The van der Waals surface area contributed by atoms with E-state index in [1.807, 2.05) is 0 Å². The third-order valence-corrected chi connectivity index (χ3v) is 3.10. The summed E-state index contributed by atoms with van der Waals surface area (Å²) >= 11 is 0. The Kier molecular flexibility index (Phi) is 2.36. The van der Waals surface area contributed by atoms with Gasteiger partial charge in [0.2, 0.25) is 0 Å². The lowest BCUT2D eigenvalue weighted by atomic mass is 9.50. The molecule has 0 heterocycles. The summed E-state index contributed by atoms with van der Waals surface area (Å²) < 4.78 is 0. The molecule has 12 heavy (non-hydrogen) atoms. The van der Waals surface area contributed by atoms with E-state index in [1.165, 1.54) is 0 Å². The van der Waals surface area contributed by atoms with Gasteiger partial charge in [-0.05, 0) is 31.1 Å². The zero-order chi connectivity index (χ0) is 8.06. The minimum Gasteiger partial charge on any atom is -0.481 e. The van der Waals surface area contributed by atoms with Crippen LogP contribution in [0.5, 0.6) is 0 Å². The molecule has 0 atom stereocenters. The first-order valence-corrected chi connectivity index (χ1v) is 4.10. The fourth-order valence-electron chi connectivity index (χ4n) is 2.55. The SMILES string of the molecule is Cl.NC1CC2(C1)CC(C(=O)O)C2. The molecule has 2 aliphatic carbocycles. The van der Waals surface area contributed by atoms with E-state index in [4.69, 9.17) is 10.8 Å². The Hall–Kier alpha value is -0.280. The monoisotopic (exact) mass is 191 g/mol. The van der Waals surface area contributed by atoms with Crippen molar-refractivity contribution in [3.63, 3.8) is 0 Å². The molecular weight excluding hydrogens is 178 g/mol. The van der Waals surface area contributed by atoms with E-state index in [1.54, 1.807) is 0 Å². The van der Waals surface area contributed by atoms with Crippen molar-refractivity contribution in [2.45, 2.75) is 31.7 Å². The van der Waals surface area contributed by atoms with Crippen molar-refractivity contribution in [3.8, 4) is 0 Å². The molecule has 2 aliphatic rings. The Morgan fingerprint density at radius 3 is 2.17 bits per heavy atom. The zero-order valence-electron chi connectivity index (χ0n) is 6.82. The van der Waals surface area contributed by atoms with E-state index in [-0.39, 0.29) is 18.3 Å². The highest BCUT2D eigenvalue weighted by molar-refractivity contribution is 5.85. The molecule has 3 N–H and O–H groups in total. The van der Waals surface area contributed by atoms with Crippen LogP contribution in [0, 0.1) is 11.3 Å². The van der Waals surface area contributed by atoms with Crippen LogP contribution in [-0.2, 0) is 4.79 Å². The summed E-state index contributed by atoms with van der Waals surface area (Å²) in [6.07, 6.45) is 3.85. The van der Waals surface area contributed by atoms with E-state index < -0.39 is 5.97 Å². The van der Waals surface area contributed by atoms with Crippen LogP contribution in [-0.4, -0.2) is 17.1 Å². The van der Waals surface area contributed by atoms with E-state index in [9.17, 15) is 4.79 Å². The number of hydrogen-bond acceptors (Lipinski definition) is 2. The second kappa shape index (κ2) is 2.89. The van der Waals surface area contributed by atoms with Gasteiger partial charge in [0.15, 0.2) is 0 Å². The number of hydrogen-bond donors (Lipinski definition) is 2. The third kappa shape index (κ3) is 1.31. The average Bonchev–Trinajstić information content (AvgIpc) is 1.73. The van der Waals surface area contributed by atoms with Crippen LogP contribution in [0.1, 0.15) is 25.7 Å². The maximum Gasteiger partial charge on any atom is 0.306 e. The van der Waals surface area contributed by atoms with Crippen molar-refractivity contribution in [2.75, 3.05) is 0 Å². The van der Waals surface area contributed by atoms with Crippen LogP contribution in [0.4, 0.5) is 0 Å². The topological polar surface area (TPSA) is 63.3 Å². The van der Waals surface area contributed by atoms with Gasteiger partial charge in [0, 0.05) is 6.04 Å². The molecule has 0 aromatic rings. The molecule has 2 saturated carbocycles. The van der Waals surface area contributed by atoms with Gasteiger partial charge in [-0.3, -0.25) is 4.79 Å². The number of halogens is 1. The number of nitrogens with two attached hydrogens (primary N) is 1. The quantitative estimate of drug-likeness (QED) is 0.650. The number of rotatable bonds is 1. The summed E-state index contributed by atoms with van der Waals surface area (Å²) in [6.45, 7) is 0. The summed E-state index contributed by atoms with van der Waals surface area (Å²) in [4.78, 5) is 10.5. The lowest BCUT2D eigenvalue weighted by molar-refractivity contribution is -0.155. The zero-order valence-corrected chi connectivity index (χ0v) is 7.64. The lowest BCUT2D eigenvalue weighted by Gasteiger charge is -2.55. The lowest BCUT2D eigenvalue weighted by Crippen LogP contribution is -2.54. The smallest absolute Gasteiger partial charge is 0.306 e. The number of carboxylic acid groups (broad SMARTS) is 1. The third-order valence-electron chi connectivity index (χ3n) is 3.10. The molecule has 0 aromatic heterocycles. The Labute approximate surface area is 77.7 Å². The van der Waals surface area contributed by atoms with Gasteiger partial charge in [0.1, 0.15) is 0 Å². The fraction of sp³-hybridized carbons (Fsp3) is 0.875. The van der Waals surface area contributed by atoms with Crippen LogP contribution in [0.3, 0.4) is 0 Å². The van der Waals surface area contributed by atoms with Gasteiger partial charge in [-0.25, -0.2) is 0 Å². The Morgan fingerprint density at radius 2 is 1.83 bits per heavy atom. The average molecular weight is 192 g/mol. The van der Waals surface area contributed by atoms with Gasteiger partial charge >= 0.3 is 5.97 Å². The van der Waals surface area contributed by atoms with Crippen LogP contribution in [0.2, 0.25) is 0 Å². The fourth-order valence-corrected chi connectivity index (χ4v) is 2.55. The molecule has 2 fully saturated rings. The second-order valence-corrected chi connectivity index (χ2v) is 4.11. The van der Waals surface area contributed by atoms with Crippen molar-refractivity contribution in [2.24, 2.45) is 17.1 Å². The standard InChI is InChI=1S/C8H13NO2.ClH/c9-6-3-8(4-6)1-5(2-8)7(10)11;/h5-6H,1-4,9H2,(H,10,11);1H. The Morgan fingerprint density at radius 1 is 1.33 bits per heavy atom. The van der Waals surface area contributed by atoms with Crippen LogP contribution < -0.4 is 5.73 Å². The molecule has 0 bridgehead atoms. The molecular formula is C8H14ClNO2. The van der Waals surface area contributed by atoms with Crippen molar-refractivity contribution < 1.29 is 9.90 Å². The molecule has 0 aliphatic heterocycles. The summed E-state index contributed by atoms with van der Waals surface area (Å²) in [5.41, 5.74) is 6.00. The van der Waals surface area contributed by atoms with Crippen LogP contribution in [0.25, 0.3) is 0 Å². The van der Waals surface area contributed by atoms with E-state index >= 15 is 0 Å². The highest BCUT2D eigenvalue weighted by Gasteiger charge is 2.53. The Balaban J connectivity index is 0.000000720. The molecule has 70 valence electrons. The van der Waals surface area contributed by atoms with Crippen molar-refractivity contribution >= 4 is 18.4 Å². The molecule has 3 nitrogen and oxygen atoms in total. The summed E-state index contributed by atoms with van der Waals surface area (Å²) in [6, 6.07) is 0.352. The second-order valence-electron chi connectivity index (χ2n) is 4.11. The molecule has 1 spiro atoms. The number of aliphatic carboxylic acids is 1. The molecule has 4 heteroatoms. The summed E-state index contributed by atoms with van der Waals surface area (Å²) in [5.74, 6) is -0.696. The normalized spacial score (nSPS) is 44.1. The summed E-state index contributed by atoms with van der Waals surface area (Å²) in [5, 5.41) is 8.62. The molecule has 0 aromatic carbocycles. The predicted molar refractivity (Wildman–Crippen MR) is 47.3 cm³/mol. The van der Waals surface area contributed by atoms with E-state index in [0.29, 0.717) is 11.5 Å². The number of carboxylic acids is 1. The number of carbonyl (C=O) groups is 1. The van der Waals surface area contributed by atoms with Crippen LogP contribution >= 0.6 is 12.4 Å². The van der Waals surface area contributed by atoms with Crippen molar-refractivity contribution in [3.05, 3.63) is 0 Å². The van der Waals surface area contributed by atoms with Gasteiger partial charge in [-0.15, -0.1) is 12.4 Å². The van der Waals surface area contributed by atoms with E-state index in [0.717, 1.165) is 25.7 Å². The summed E-state index contributed by atoms with van der Waals surface area (Å²) in [7, 11) is 0. The molecule has 2 rings (SSSR count). The molecule has 0 unspecified atom stereocenters. The first kappa shape index (κ1) is 9.81. The van der Waals surface area contributed by atoms with Gasteiger partial charge in [0.25, 0.3) is 0 Å². The van der Waals surface area contributed by atoms with Crippen molar-refractivity contribution in [1.29, 1.82) is 0 Å². The molecule has 0 radical (unpaired) electrons.